The fraction of sp³-hybridized carbons (Fsp3) is 0.750. The molecule has 0 saturated carbocycles. The van der Waals surface area contributed by atoms with Crippen LogP contribution in [0, 0.1) is 0 Å². The molecule has 0 spiro atoms. The van der Waals surface area contributed by atoms with Crippen molar-refractivity contribution < 1.29 is 17.7 Å². The molecule has 0 aromatic heterocycles. The number of hydrogen-bond donors (Lipinski definition) is 0. The van der Waals surface area contributed by atoms with E-state index >= 15 is 0 Å². The summed E-state index contributed by atoms with van der Waals surface area (Å²) in [6.45, 7) is 27.3. The smallest absolute Gasteiger partial charge is 0.375 e. The normalized spacial score (nSPS) is 14.8. The minimum Gasteiger partial charge on any atom is -0.389 e. The van der Waals surface area contributed by atoms with Gasteiger partial charge in [0.1, 0.15) is 0 Å². The lowest BCUT2D eigenvalue weighted by Gasteiger charge is -2.46. The first-order valence-corrected chi connectivity index (χ1v) is 15.5. The van der Waals surface area contributed by atoms with Crippen LogP contribution in [0.2, 0.25) is 12.2 Å². The summed E-state index contributed by atoms with van der Waals surface area (Å²) in [5.74, 6) is 0. The Hall–Kier alpha value is -0.506. The van der Waals surface area contributed by atoms with Gasteiger partial charge in [-0.25, -0.2) is 0 Å². The second-order valence-corrected chi connectivity index (χ2v) is 18.9. The van der Waals surface area contributed by atoms with Crippen molar-refractivity contribution in [1.29, 1.82) is 0 Å². The summed E-state index contributed by atoms with van der Waals surface area (Å²) >= 11 is 0. The van der Waals surface area contributed by atoms with Crippen molar-refractivity contribution >= 4 is 22.3 Å². The van der Waals surface area contributed by atoms with E-state index in [1.165, 1.54) is 0 Å². The van der Waals surface area contributed by atoms with Gasteiger partial charge in [-0.05, 0) is 94.8 Å². The number of rotatable bonds is 7. The van der Waals surface area contributed by atoms with Crippen LogP contribution in [-0.2, 0) is 17.7 Å². The van der Waals surface area contributed by atoms with Crippen LogP contribution in [-0.4, -0.2) is 39.5 Å². The Balaban J connectivity index is 3.66. The minimum absolute atomic E-state index is 0.327. The lowest BCUT2D eigenvalue weighted by Crippen LogP contribution is -2.66. The van der Waals surface area contributed by atoms with Gasteiger partial charge in [-0.15, -0.1) is 0 Å². The zero-order valence-electron chi connectivity index (χ0n) is 21.7. The zero-order valence-corrected chi connectivity index (χ0v) is 23.7. The molecule has 4 nitrogen and oxygen atoms in total. The van der Waals surface area contributed by atoms with Crippen molar-refractivity contribution in [1.82, 2.24) is 0 Å². The summed E-state index contributed by atoms with van der Waals surface area (Å²) < 4.78 is 27.2. The maximum absolute atomic E-state index is 6.90. The van der Waals surface area contributed by atoms with Crippen LogP contribution in [0.25, 0.3) is 0 Å². The lowest BCUT2D eigenvalue weighted by molar-refractivity contribution is 0.00655. The second-order valence-electron chi connectivity index (χ2n) is 12.3. The summed E-state index contributed by atoms with van der Waals surface area (Å²) in [5.41, 5.74) is -0.746. The van der Waals surface area contributed by atoms with E-state index in [9.17, 15) is 0 Å². The molecule has 0 atom stereocenters. The van der Waals surface area contributed by atoms with Crippen LogP contribution >= 0.6 is 0 Å². The van der Waals surface area contributed by atoms with Crippen LogP contribution in [0.15, 0.2) is 30.3 Å². The Morgan fingerprint density at radius 2 is 0.900 bits per heavy atom. The van der Waals surface area contributed by atoms with Crippen molar-refractivity contribution in [3.8, 4) is 0 Å². The molecule has 0 unspecified atom stereocenters. The van der Waals surface area contributed by atoms with E-state index < -0.39 is 17.1 Å². The van der Waals surface area contributed by atoms with E-state index in [1.54, 1.807) is 0 Å². The SMILES string of the molecule is CC(C)(C)O[Si](C)(C[Si](OC(C)(C)C)(OC(C)(C)C)c1ccccc1)OC(C)(C)C. The van der Waals surface area contributed by atoms with E-state index in [0.29, 0.717) is 5.67 Å². The molecule has 30 heavy (non-hydrogen) atoms. The zero-order chi connectivity index (χ0) is 23.6. The van der Waals surface area contributed by atoms with Gasteiger partial charge in [-0.1, -0.05) is 30.3 Å². The molecule has 0 aliphatic carbocycles. The summed E-state index contributed by atoms with van der Waals surface area (Å²) in [6, 6.07) is 10.4. The Kier molecular flexibility index (Phi) is 8.40. The van der Waals surface area contributed by atoms with Crippen LogP contribution in [0.5, 0.6) is 0 Å². The first kappa shape index (κ1) is 27.5. The average molecular weight is 455 g/mol. The van der Waals surface area contributed by atoms with Crippen molar-refractivity contribution in [2.45, 2.75) is 118 Å². The molecule has 0 N–H and O–H groups in total. The topological polar surface area (TPSA) is 36.9 Å². The molecule has 0 bridgehead atoms. The van der Waals surface area contributed by atoms with E-state index in [4.69, 9.17) is 17.7 Å². The Bertz CT molecular complexity index is 630. The van der Waals surface area contributed by atoms with Gasteiger partial charge in [-0.2, -0.15) is 0 Å². The molecule has 0 radical (unpaired) electrons. The predicted molar refractivity (Wildman–Crippen MR) is 132 cm³/mol. The monoisotopic (exact) mass is 454 g/mol. The third-order valence-electron chi connectivity index (χ3n) is 3.75. The molecule has 1 rings (SSSR count). The maximum Gasteiger partial charge on any atom is 0.375 e. The van der Waals surface area contributed by atoms with Gasteiger partial charge in [0.2, 0.25) is 0 Å². The van der Waals surface area contributed by atoms with E-state index in [-0.39, 0.29) is 22.4 Å². The summed E-state index contributed by atoms with van der Waals surface area (Å²) in [4.78, 5) is 0. The van der Waals surface area contributed by atoms with Crippen LogP contribution in [0.3, 0.4) is 0 Å². The molecule has 0 heterocycles. The van der Waals surface area contributed by atoms with Gasteiger partial charge in [0, 0.05) is 5.67 Å². The largest absolute Gasteiger partial charge is 0.389 e. The third-order valence-corrected chi connectivity index (χ3v) is 13.4. The quantitative estimate of drug-likeness (QED) is 0.459. The summed E-state index contributed by atoms with van der Waals surface area (Å²) in [6.07, 6.45) is 0. The summed E-state index contributed by atoms with van der Waals surface area (Å²) in [7, 11) is -5.69. The standard InChI is InChI=1S/C24H46O4Si2/c1-21(2,3)25-29(13,26-22(4,5)6)19-30(27-23(7,8)9,28-24(10,11)12)20-17-15-14-16-18-20/h14-18H,19H2,1-13H3. The highest BCUT2D eigenvalue weighted by molar-refractivity contribution is 6.93. The van der Waals surface area contributed by atoms with Gasteiger partial charge in [-0.3, -0.25) is 0 Å². The molecule has 1 aromatic rings. The Morgan fingerprint density at radius 3 is 1.20 bits per heavy atom. The molecule has 0 saturated heterocycles. The Morgan fingerprint density at radius 1 is 0.567 bits per heavy atom. The van der Waals surface area contributed by atoms with E-state index in [2.05, 4.69) is 114 Å². The van der Waals surface area contributed by atoms with Crippen LogP contribution in [0.4, 0.5) is 0 Å². The average Bonchev–Trinajstić information content (AvgIpc) is 2.39. The van der Waals surface area contributed by atoms with Gasteiger partial charge >= 0.3 is 17.1 Å². The van der Waals surface area contributed by atoms with Crippen molar-refractivity contribution in [3.05, 3.63) is 30.3 Å². The molecule has 0 fully saturated rings. The van der Waals surface area contributed by atoms with Crippen molar-refractivity contribution in [2.24, 2.45) is 0 Å². The first-order valence-electron chi connectivity index (χ1n) is 11.0. The van der Waals surface area contributed by atoms with Crippen LogP contribution in [0.1, 0.15) is 83.1 Å². The van der Waals surface area contributed by atoms with Crippen molar-refractivity contribution in [2.75, 3.05) is 0 Å². The number of hydrogen-bond acceptors (Lipinski definition) is 4. The maximum atomic E-state index is 6.90. The highest BCUT2D eigenvalue weighted by atomic mass is 28.4. The van der Waals surface area contributed by atoms with Gasteiger partial charge in [0.15, 0.2) is 0 Å². The fourth-order valence-electron chi connectivity index (χ4n) is 3.81. The molecule has 0 amide bonds. The van der Waals surface area contributed by atoms with Crippen molar-refractivity contribution in [3.63, 3.8) is 0 Å². The first-order chi connectivity index (χ1) is 13.1. The molecule has 0 aliphatic rings. The van der Waals surface area contributed by atoms with Gasteiger partial charge < -0.3 is 17.7 Å². The lowest BCUT2D eigenvalue weighted by atomic mass is 10.2. The van der Waals surface area contributed by atoms with Crippen LogP contribution < -0.4 is 5.19 Å². The molecule has 174 valence electrons. The highest BCUT2D eigenvalue weighted by Crippen LogP contribution is 2.35. The van der Waals surface area contributed by atoms with E-state index in [0.717, 1.165) is 5.19 Å². The third kappa shape index (κ3) is 10.2. The summed E-state index contributed by atoms with van der Waals surface area (Å²) in [5, 5.41) is 1.11. The van der Waals surface area contributed by atoms with E-state index in [1.807, 2.05) is 6.07 Å². The molecule has 1 aromatic carbocycles. The second kappa shape index (κ2) is 9.16. The molecule has 6 heteroatoms. The van der Waals surface area contributed by atoms with Gasteiger partial charge in [0.25, 0.3) is 0 Å². The molecular weight excluding hydrogens is 408 g/mol. The predicted octanol–water partition coefficient (Wildman–Crippen LogP) is 6.21. The fourth-order valence-corrected chi connectivity index (χ4v) is 14.7. The molecule has 0 aliphatic heterocycles. The number of benzene rings is 1. The highest BCUT2D eigenvalue weighted by Gasteiger charge is 2.55. The minimum atomic E-state index is -2.97. The Labute approximate surface area is 188 Å². The van der Waals surface area contributed by atoms with Gasteiger partial charge in [0.05, 0.1) is 22.4 Å². The molecular formula is C24H46O4Si2.